The standard InChI is InChI=1S/C13H10BrN3O4/c1-21-9-3-5-10(12(6-9)17(19)20)16-13(18)11-4-2-8(14)7-15-11/h2-7H,1H3,(H,16,18). The van der Waals surface area contributed by atoms with Gasteiger partial charge in [0.05, 0.1) is 18.1 Å². The van der Waals surface area contributed by atoms with Crippen LogP contribution in [0.25, 0.3) is 0 Å². The number of rotatable bonds is 4. The second-order valence-electron chi connectivity index (χ2n) is 3.96. The van der Waals surface area contributed by atoms with Crippen molar-refractivity contribution in [3.8, 4) is 5.75 Å². The van der Waals surface area contributed by atoms with Gasteiger partial charge >= 0.3 is 0 Å². The number of hydrogen-bond donors (Lipinski definition) is 1. The summed E-state index contributed by atoms with van der Waals surface area (Å²) in [6, 6.07) is 7.34. The lowest BCUT2D eigenvalue weighted by Crippen LogP contribution is -2.14. The van der Waals surface area contributed by atoms with Gasteiger partial charge in [-0.3, -0.25) is 14.9 Å². The van der Waals surface area contributed by atoms with E-state index in [4.69, 9.17) is 4.74 Å². The molecule has 0 bridgehead atoms. The lowest BCUT2D eigenvalue weighted by molar-refractivity contribution is -0.384. The summed E-state index contributed by atoms with van der Waals surface area (Å²) in [5, 5.41) is 13.5. The van der Waals surface area contributed by atoms with Crippen LogP contribution in [0.2, 0.25) is 0 Å². The molecule has 0 unspecified atom stereocenters. The molecule has 21 heavy (non-hydrogen) atoms. The predicted molar refractivity (Wildman–Crippen MR) is 79.5 cm³/mol. The van der Waals surface area contributed by atoms with Crippen LogP contribution in [0.3, 0.4) is 0 Å². The molecule has 0 atom stereocenters. The second-order valence-corrected chi connectivity index (χ2v) is 4.87. The van der Waals surface area contributed by atoms with Gasteiger partial charge in [0.15, 0.2) is 0 Å². The van der Waals surface area contributed by atoms with Crippen molar-refractivity contribution in [2.45, 2.75) is 0 Å². The Balaban J connectivity index is 2.28. The van der Waals surface area contributed by atoms with Gasteiger partial charge in [-0.2, -0.15) is 0 Å². The van der Waals surface area contributed by atoms with Crippen molar-refractivity contribution in [3.05, 3.63) is 56.8 Å². The summed E-state index contributed by atoms with van der Waals surface area (Å²) in [4.78, 5) is 26.4. The van der Waals surface area contributed by atoms with E-state index in [2.05, 4.69) is 26.2 Å². The Labute approximate surface area is 128 Å². The third-order valence-corrected chi connectivity index (χ3v) is 3.08. The molecular formula is C13H10BrN3O4. The first-order valence-electron chi connectivity index (χ1n) is 5.76. The molecule has 8 heteroatoms. The number of methoxy groups -OCH3 is 1. The molecular weight excluding hydrogens is 342 g/mol. The van der Waals surface area contributed by atoms with Gasteiger partial charge in [-0.1, -0.05) is 0 Å². The molecule has 2 rings (SSSR count). The number of nitrogens with zero attached hydrogens (tertiary/aromatic N) is 2. The minimum absolute atomic E-state index is 0.0792. The van der Waals surface area contributed by atoms with E-state index in [0.29, 0.717) is 5.75 Å². The lowest BCUT2D eigenvalue weighted by atomic mass is 10.2. The largest absolute Gasteiger partial charge is 0.496 e. The van der Waals surface area contributed by atoms with Crippen LogP contribution >= 0.6 is 15.9 Å². The lowest BCUT2D eigenvalue weighted by Gasteiger charge is -2.07. The van der Waals surface area contributed by atoms with Crippen molar-refractivity contribution in [1.82, 2.24) is 4.98 Å². The number of nitro groups is 1. The first-order chi connectivity index (χ1) is 10.0. The third-order valence-electron chi connectivity index (χ3n) is 2.61. The molecule has 0 radical (unpaired) electrons. The average molecular weight is 352 g/mol. The molecule has 0 aliphatic rings. The van der Waals surface area contributed by atoms with E-state index in [1.807, 2.05) is 0 Å². The van der Waals surface area contributed by atoms with Gasteiger partial charge in [-0.15, -0.1) is 0 Å². The Kier molecular flexibility index (Phi) is 4.49. The molecule has 2 aromatic rings. The highest BCUT2D eigenvalue weighted by molar-refractivity contribution is 9.10. The van der Waals surface area contributed by atoms with Gasteiger partial charge in [-0.25, -0.2) is 4.98 Å². The number of ether oxygens (including phenoxy) is 1. The molecule has 0 aliphatic heterocycles. The van der Waals surface area contributed by atoms with Crippen LogP contribution < -0.4 is 10.1 Å². The Morgan fingerprint density at radius 1 is 1.38 bits per heavy atom. The van der Waals surface area contributed by atoms with Gasteiger partial charge < -0.3 is 10.1 Å². The predicted octanol–water partition coefficient (Wildman–Crippen LogP) is 3.01. The van der Waals surface area contributed by atoms with Gasteiger partial charge in [0.25, 0.3) is 11.6 Å². The molecule has 7 nitrogen and oxygen atoms in total. The van der Waals surface area contributed by atoms with Crippen molar-refractivity contribution >= 4 is 33.2 Å². The first-order valence-corrected chi connectivity index (χ1v) is 6.56. The summed E-state index contributed by atoms with van der Waals surface area (Å²) in [6.45, 7) is 0. The zero-order valence-electron chi connectivity index (χ0n) is 10.9. The van der Waals surface area contributed by atoms with E-state index < -0.39 is 10.8 Å². The number of hydrogen-bond acceptors (Lipinski definition) is 5. The van der Waals surface area contributed by atoms with Crippen LogP contribution in [0.4, 0.5) is 11.4 Å². The van der Waals surface area contributed by atoms with E-state index in [1.54, 1.807) is 6.07 Å². The number of carbonyl (C=O) groups excluding carboxylic acids is 1. The van der Waals surface area contributed by atoms with E-state index in [0.717, 1.165) is 4.47 Å². The highest BCUT2D eigenvalue weighted by Gasteiger charge is 2.18. The highest BCUT2D eigenvalue weighted by Crippen LogP contribution is 2.29. The monoisotopic (exact) mass is 351 g/mol. The number of nitro benzene ring substituents is 1. The maximum atomic E-state index is 12.0. The van der Waals surface area contributed by atoms with Gasteiger partial charge in [0.1, 0.15) is 17.1 Å². The Hall–Kier alpha value is -2.48. The normalized spacial score (nSPS) is 10.0. The summed E-state index contributed by atoms with van der Waals surface area (Å²) in [6.07, 6.45) is 1.47. The number of carbonyl (C=O) groups is 1. The minimum Gasteiger partial charge on any atom is -0.496 e. The molecule has 1 heterocycles. The average Bonchev–Trinajstić information content (AvgIpc) is 2.48. The molecule has 1 aromatic heterocycles. The Morgan fingerprint density at radius 2 is 2.14 bits per heavy atom. The fourth-order valence-corrected chi connectivity index (χ4v) is 1.83. The van der Waals surface area contributed by atoms with Crippen molar-refractivity contribution in [1.29, 1.82) is 0 Å². The number of pyridine rings is 1. The molecule has 0 aliphatic carbocycles. The summed E-state index contributed by atoms with van der Waals surface area (Å²) in [7, 11) is 1.41. The number of nitrogens with one attached hydrogen (secondary N) is 1. The first kappa shape index (κ1) is 14.9. The number of anilines is 1. The van der Waals surface area contributed by atoms with Crippen LogP contribution in [-0.2, 0) is 0 Å². The number of halogens is 1. The quantitative estimate of drug-likeness (QED) is 0.674. The molecule has 0 saturated heterocycles. The smallest absolute Gasteiger partial charge is 0.296 e. The summed E-state index contributed by atoms with van der Waals surface area (Å²) in [5.74, 6) is -0.197. The van der Waals surface area contributed by atoms with E-state index in [1.165, 1.54) is 37.6 Å². The van der Waals surface area contributed by atoms with Crippen LogP contribution in [0, 0.1) is 10.1 Å². The summed E-state index contributed by atoms with van der Waals surface area (Å²) >= 11 is 3.21. The van der Waals surface area contributed by atoms with Crippen LogP contribution in [0.15, 0.2) is 41.0 Å². The van der Waals surface area contributed by atoms with Gasteiger partial charge in [0.2, 0.25) is 0 Å². The SMILES string of the molecule is COc1ccc(NC(=O)c2ccc(Br)cn2)c([N+](=O)[O-])c1. The molecule has 1 N–H and O–H groups in total. The van der Waals surface area contributed by atoms with Crippen LogP contribution in [-0.4, -0.2) is 22.9 Å². The zero-order chi connectivity index (χ0) is 15.4. The molecule has 0 saturated carbocycles. The fourth-order valence-electron chi connectivity index (χ4n) is 1.59. The van der Waals surface area contributed by atoms with E-state index in [-0.39, 0.29) is 17.1 Å². The maximum Gasteiger partial charge on any atom is 0.296 e. The number of benzene rings is 1. The van der Waals surface area contributed by atoms with Crippen molar-refractivity contribution in [2.75, 3.05) is 12.4 Å². The molecule has 108 valence electrons. The molecule has 0 fully saturated rings. The molecule has 1 aromatic carbocycles. The van der Waals surface area contributed by atoms with Crippen LogP contribution in [0.5, 0.6) is 5.75 Å². The maximum absolute atomic E-state index is 12.0. The summed E-state index contributed by atoms with van der Waals surface area (Å²) < 4.78 is 5.66. The van der Waals surface area contributed by atoms with Crippen molar-refractivity contribution < 1.29 is 14.5 Å². The van der Waals surface area contributed by atoms with Crippen LogP contribution in [0.1, 0.15) is 10.5 Å². The Bertz CT molecular complexity index is 688. The van der Waals surface area contributed by atoms with Crippen molar-refractivity contribution in [2.24, 2.45) is 0 Å². The van der Waals surface area contributed by atoms with E-state index in [9.17, 15) is 14.9 Å². The number of aromatic nitrogens is 1. The van der Waals surface area contributed by atoms with Gasteiger partial charge in [-0.05, 0) is 40.2 Å². The summed E-state index contributed by atoms with van der Waals surface area (Å²) in [5.41, 5.74) is -0.0151. The topological polar surface area (TPSA) is 94.4 Å². The molecule has 1 amide bonds. The fraction of sp³-hybridized carbons (Fsp3) is 0.0769. The second kappa shape index (κ2) is 6.31. The van der Waals surface area contributed by atoms with Crippen molar-refractivity contribution in [3.63, 3.8) is 0 Å². The zero-order valence-corrected chi connectivity index (χ0v) is 12.5. The third kappa shape index (κ3) is 3.54. The van der Waals surface area contributed by atoms with E-state index >= 15 is 0 Å². The molecule has 0 spiro atoms. The highest BCUT2D eigenvalue weighted by atomic mass is 79.9. The minimum atomic E-state index is -0.590. The van der Waals surface area contributed by atoms with Gasteiger partial charge in [0, 0.05) is 10.7 Å². The Morgan fingerprint density at radius 3 is 2.71 bits per heavy atom. The number of amides is 1.